The van der Waals surface area contributed by atoms with E-state index < -0.39 is 159 Å². The zero-order chi connectivity index (χ0) is 59.4. The highest BCUT2D eigenvalue weighted by Gasteiger charge is 2.54. The first kappa shape index (κ1) is 61.9. The maximum absolute atomic E-state index is 14.7. The number of rotatable bonds is 21. The molecule has 1 aliphatic carbocycles. The molecule has 2 aromatic heterocycles. The van der Waals surface area contributed by atoms with Gasteiger partial charge < -0.3 is 89.5 Å². The molecule has 0 spiro atoms. The van der Waals surface area contributed by atoms with Gasteiger partial charge in [0.15, 0.2) is 30.5 Å². The lowest BCUT2D eigenvalue weighted by atomic mass is 9.80. The van der Waals surface area contributed by atoms with Crippen LogP contribution in [-0.4, -0.2) is 237 Å². The van der Waals surface area contributed by atoms with Crippen LogP contribution in [0.2, 0.25) is 0 Å². The molecule has 10 N–H and O–H groups in total. The number of nitrogens with one attached hydrogen (secondary N) is 2. The lowest BCUT2D eigenvalue weighted by molar-refractivity contribution is -0.337. The first-order valence-electron chi connectivity index (χ1n) is 27.8. The van der Waals surface area contributed by atoms with E-state index in [0.29, 0.717) is 30.8 Å². The number of carbonyl (C=O) groups is 3. The lowest BCUT2D eigenvalue weighted by Gasteiger charge is -2.49. The number of aliphatic hydroxyl groups excluding tert-OH is 8. The number of amides is 3. The van der Waals surface area contributed by atoms with E-state index in [0.717, 1.165) is 17.2 Å². The smallest absolute Gasteiger partial charge is 0.251 e. The first-order chi connectivity index (χ1) is 39.8. The van der Waals surface area contributed by atoms with Crippen LogP contribution in [0.15, 0.2) is 54.9 Å². The number of halogens is 2. The Morgan fingerprint density at radius 2 is 1.46 bits per heavy atom. The molecule has 1 saturated carbocycles. The highest BCUT2D eigenvalue weighted by Crippen LogP contribution is 2.41. The molecule has 0 radical (unpaired) electrons. The molecule has 6 heterocycles. The summed E-state index contributed by atoms with van der Waals surface area (Å²) in [5, 5.41) is 111. The van der Waals surface area contributed by atoms with Crippen LogP contribution >= 0.6 is 0 Å². The normalized spacial score (nSPS) is 34.2. The number of aromatic nitrogens is 6. The molecular weight excluding hydrogens is 1100 g/mol. The predicted octanol–water partition coefficient (Wildman–Crippen LogP) is -1.48. The molecular formula is C54H73F2N9O18. The number of benzene rings is 2. The average molecular weight is 1170 g/mol. The summed E-state index contributed by atoms with van der Waals surface area (Å²) in [6, 6.07) is 7.52. The highest BCUT2D eigenvalue weighted by molar-refractivity contribution is 5.81. The molecule has 29 heteroatoms. The van der Waals surface area contributed by atoms with Crippen molar-refractivity contribution < 1.29 is 97.2 Å². The van der Waals surface area contributed by atoms with Crippen LogP contribution in [-0.2, 0) is 47.5 Å². The summed E-state index contributed by atoms with van der Waals surface area (Å²) in [5.74, 6) is -4.70. The Labute approximate surface area is 475 Å². The molecule has 4 saturated heterocycles. The topological polar surface area (TPSA) is 366 Å². The number of hydrogen-bond donors (Lipinski definition) is 10. The highest BCUT2D eigenvalue weighted by atomic mass is 19.2. The second-order valence-electron chi connectivity index (χ2n) is 21.7. The summed E-state index contributed by atoms with van der Waals surface area (Å²) in [6.45, 7) is 4.86. The summed E-state index contributed by atoms with van der Waals surface area (Å²) in [4.78, 5) is 43.1. The maximum Gasteiger partial charge on any atom is 0.251 e. The fourth-order valence-corrected chi connectivity index (χ4v) is 11.2. The zero-order valence-electron chi connectivity index (χ0n) is 46.1. The third kappa shape index (κ3) is 13.6. The van der Waals surface area contributed by atoms with Gasteiger partial charge in [0.1, 0.15) is 90.6 Å². The molecule has 5 aliphatic rings. The number of hydrogen-bond acceptors (Lipinski definition) is 22. The Balaban J connectivity index is 0.994. The number of aliphatic hydroxyl groups is 8. The Kier molecular flexibility index (Phi) is 20.3. The number of nitrogens with zero attached hydrogens (tertiary/aromatic N) is 7. The molecule has 83 heavy (non-hydrogen) atoms. The fraction of sp³-hybridized carbons (Fsp3) is 0.648. The van der Waals surface area contributed by atoms with Gasteiger partial charge in [-0.2, -0.15) is 0 Å². The van der Waals surface area contributed by atoms with E-state index in [-0.39, 0.29) is 55.1 Å². The summed E-state index contributed by atoms with van der Waals surface area (Å²) in [6.07, 6.45) is -19.5. The average Bonchev–Trinajstić information content (AvgIpc) is 4.37. The maximum atomic E-state index is 14.7. The van der Waals surface area contributed by atoms with Gasteiger partial charge in [0.25, 0.3) is 5.91 Å². The predicted molar refractivity (Wildman–Crippen MR) is 279 cm³/mol. The Morgan fingerprint density at radius 1 is 0.783 bits per heavy atom. The molecule has 20 atom stereocenters. The van der Waals surface area contributed by atoms with Crippen LogP contribution in [0.3, 0.4) is 0 Å². The summed E-state index contributed by atoms with van der Waals surface area (Å²) >= 11 is 0. The van der Waals surface area contributed by atoms with Gasteiger partial charge in [-0.15, -0.1) is 10.2 Å². The number of aryl methyl sites for hydroxylation is 1. The van der Waals surface area contributed by atoms with Crippen LogP contribution in [0.5, 0.6) is 0 Å². The van der Waals surface area contributed by atoms with Crippen molar-refractivity contribution >= 4 is 17.7 Å². The third-order valence-corrected chi connectivity index (χ3v) is 15.9. The third-order valence-electron chi connectivity index (χ3n) is 15.9. The summed E-state index contributed by atoms with van der Waals surface area (Å²) in [7, 11) is 0. The van der Waals surface area contributed by atoms with E-state index >= 15 is 0 Å². The van der Waals surface area contributed by atoms with Crippen molar-refractivity contribution in [3.05, 3.63) is 72.1 Å². The summed E-state index contributed by atoms with van der Waals surface area (Å²) < 4.78 is 74.8. The minimum Gasteiger partial charge on any atom is -0.394 e. The van der Waals surface area contributed by atoms with Crippen molar-refractivity contribution in [2.45, 2.75) is 176 Å². The molecule has 2 aromatic carbocycles. The minimum absolute atomic E-state index is 0.00483. The van der Waals surface area contributed by atoms with Gasteiger partial charge in [0.2, 0.25) is 11.8 Å². The van der Waals surface area contributed by atoms with Crippen LogP contribution < -0.4 is 10.6 Å². The second-order valence-corrected chi connectivity index (χ2v) is 21.7. The van der Waals surface area contributed by atoms with E-state index in [4.69, 9.17) is 33.2 Å². The van der Waals surface area contributed by atoms with Crippen molar-refractivity contribution in [1.29, 1.82) is 0 Å². The SMILES string of the molecule is CCC[C@H](OC1C(NC(C)=O)[C@H](O[C@@H]2CC(C(=O)NCCO[C@H]3OC(CO)[C@@H](O)C(n4cc(-c5cc(C)c(F)c(F)c5)nn4)C3O)CC(n3cc(-c4ccccc4)nn3)[C@H]2O[C@@H]2OC(C)[C@@H](O)[C@H](O)C2O)O[C@@H](CO)[C@@H]1O)C(=O)N1CCC1. The van der Waals surface area contributed by atoms with E-state index in [1.165, 1.54) is 37.7 Å². The molecule has 27 nitrogen and oxygen atoms in total. The van der Waals surface area contributed by atoms with Crippen molar-refractivity contribution in [2.24, 2.45) is 5.92 Å². The standard InChI is InChI=1S/C54H73F2N9O18/c1-5-10-35(51(76)63-14-9-15-63)79-49-40(58-27(4)68)52(81-38(24-67)44(49)71)80-36-20-30(19-34(64-21-32(59-61-64)28-11-7-6-8-12-28)48(36)83-54-47(74)46(73)42(69)26(3)78-54)50(75)57-13-16-77-53-45(72)41(43(70)37(23-66)82-53)65-22-33(60-62-65)29-17-25(2)39(56)31(55)18-29/h6-8,11-12,17-18,21-22,26,30,34-38,40-49,52-54,66-67,69-74H,5,9-10,13-16,19-20,23-24H2,1-4H3,(H,57,75)(H,58,68)/t26?,30?,34?,35-,36+,37?,38-,40?,41?,42+,43+,44-,45?,46-,47?,48+,49?,52+,53-,54-/m0/s1. The minimum atomic E-state index is -1.83. The monoisotopic (exact) mass is 1170 g/mol. The molecule has 4 aromatic rings. The first-order valence-corrected chi connectivity index (χ1v) is 27.8. The molecule has 3 amide bonds. The van der Waals surface area contributed by atoms with Crippen LogP contribution in [0, 0.1) is 24.5 Å². The summed E-state index contributed by atoms with van der Waals surface area (Å²) in [5.41, 5.74) is 1.34. The van der Waals surface area contributed by atoms with Crippen LogP contribution in [0.4, 0.5) is 8.78 Å². The molecule has 0 bridgehead atoms. The Bertz CT molecular complexity index is 2800. The van der Waals surface area contributed by atoms with Crippen LogP contribution in [0.1, 0.15) is 70.5 Å². The van der Waals surface area contributed by atoms with E-state index in [1.807, 2.05) is 13.0 Å². The molecule has 5 fully saturated rings. The van der Waals surface area contributed by atoms with Gasteiger partial charge in [-0.25, -0.2) is 18.1 Å². The van der Waals surface area contributed by atoms with Gasteiger partial charge >= 0.3 is 0 Å². The largest absolute Gasteiger partial charge is 0.394 e. The number of likely N-dealkylation sites (tertiary alicyclic amines) is 1. The van der Waals surface area contributed by atoms with Gasteiger partial charge in [0.05, 0.1) is 50.5 Å². The lowest BCUT2D eigenvalue weighted by Crippen LogP contribution is -2.67. The Hall–Kier alpha value is -5.61. The molecule has 9 unspecified atom stereocenters. The fourth-order valence-electron chi connectivity index (χ4n) is 11.2. The molecule has 4 aliphatic heterocycles. The van der Waals surface area contributed by atoms with Crippen molar-refractivity contribution in [1.82, 2.24) is 45.5 Å². The molecule has 9 rings (SSSR count). The zero-order valence-corrected chi connectivity index (χ0v) is 46.1. The number of carbonyl (C=O) groups excluding carboxylic acids is 3. The van der Waals surface area contributed by atoms with Crippen molar-refractivity contribution in [3.63, 3.8) is 0 Å². The van der Waals surface area contributed by atoms with Crippen LogP contribution in [0.25, 0.3) is 22.5 Å². The van der Waals surface area contributed by atoms with E-state index in [9.17, 15) is 64.0 Å². The number of ether oxygens (including phenoxy) is 7. The Morgan fingerprint density at radius 3 is 2.12 bits per heavy atom. The van der Waals surface area contributed by atoms with Gasteiger partial charge in [-0.1, -0.05) is 54.1 Å². The quantitative estimate of drug-likeness (QED) is 0.0425. The van der Waals surface area contributed by atoms with E-state index in [1.54, 1.807) is 35.4 Å². The van der Waals surface area contributed by atoms with Crippen molar-refractivity contribution in [3.8, 4) is 22.5 Å². The van der Waals surface area contributed by atoms with Crippen molar-refractivity contribution in [2.75, 3.05) is 39.5 Å². The van der Waals surface area contributed by atoms with E-state index in [2.05, 4.69) is 31.3 Å². The van der Waals surface area contributed by atoms with Gasteiger partial charge in [-0.05, 0) is 57.2 Å². The van der Waals surface area contributed by atoms with Gasteiger partial charge in [0, 0.05) is 43.6 Å². The second kappa shape index (κ2) is 27.2. The van der Waals surface area contributed by atoms with Gasteiger partial charge in [-0.3, -0.25) is 14.4 Å². The molecule has 456 valence electrons.